The number of carbonyl (C=O) groups excluding carboxylic acids is 1. The molecule has 2 rings (SSSR count). The first-order chi connectivity index (χ1) is 9.15. The highest BCUT2D eigenvalue weighted by atomic mass is 16.3. The second-order valence-electron chi connectivity index (χ2n) is 5.30. The fourth-order valence-electron chi connectivity index (χ4n) is 2.36. The van der Waals surface area contributed by atoms with E-state index in [1.165, 1.54) is 5.56 Å². The molecule has 1 saturated heterocycles. The number of nitrogens with one attached hydrogen (secondary N) is 2. The standard InChI is InChI=1S/C15H22N2O2/c1-11(17-15(19)13-8-9-16-10-13)2-3-12-4-6-14(18)7-5-12/h4-7,11,13,16,18H,2-3,8-10H2,1H3,(H,17,19). The average Bonchev–Trinajstić information content (AvgIpc) is 2.92. The molecular weight excluding hydrogens is 240 g/mol. The molecule has 104 valence electrons. The Balaban J connectivity index is 1.73. The van der Waals surface area contributed by atoms with Crippen molar-refractivity contribution >= 4 is 5.91 Å². The quantitative estimate of drug-likeness (QED) is 0.752. The van der Waals surface area contributed by atoms with Crippen LogP contribution >= 0.6 is 0 Å². The van der Waals surface area contributed by atoms with E-state index >= 15 is 0 Å². The molecule has 4 nitrogen and oxygen atoms in total. The van der Waals surface area contributed by atoms with Crippen LogP contribution in [0.5, 0.6) is 5.75 Å². The highest BCUT2D eigenvalue weighted by Gasteiger charge is 2.23. The van der Waals surface area contributed by atoms with Crippen molar-refractivity contribution < 1.29 is 9.90 Å². The molecule has 0 saturated carbocycles. The fraction of sp³-hybridized carbons (Fsp3) is 0.533. The Morgan fingerprint density at radius 1 is 1.47 bits per heavy atom. The summed E-state index contributed by atoms with van der Waals surface area (Å²) in [7, 11) is 0. The summed E-state index contributed by atoms with van der Waals surface area (Å²) in [6.45, 7) is 3.79. The number of hydrogen-bond donors (Lipinski definition) is 3. The Bertz CT molecular complexity index is 411. The Kier molecular flexibility index (Phi) is 4.80. The first kappa shape index (κ1) is 13.9. The number of amides is 1. The number of aryl methyl sites for hydroxylation is 1. The molecule has 2 atom stereocenters. The number of rotatable bonds is 5. The van der Waals surface area contributed by atoms with Crippen molar-refractivity contribution in [1.82, 2.24) is 10.6 Å². The van der Waals surface area contributed by atoms with Crippen LogP contribution in [0.4, 0.5) is 0 Å². The van der Waals surface area contributed by atoms with Crippen LogP contribution in [0.1, 0.15) is 25.3 Å². The largest absolute Gasteiger partial charge is 0.508 e. The number of phenolic OH excluding ortho intramolecular Hbond substituents is 1. The van der Waals surface area contributed by atoms with Crippen LogP contribution in [0.3, 0.4) is 0 Å². The zero-order valence-corrected chi connectivity index (χ0v) is 11.4. The average molecular weight is 262 g/mol. The lowest BCUT2D eigenvalue weighted by atomic mass is 10.0. The van der Waals surface area contributed by atoms with Gasteiger partial charge in [0.2, 0.25) is 5.91 Å². The molecule has 1 aromatic rings. The minimum Gasteiger partial charge on any atom is -0.508 e. The number of carbonyl (C=O) groups is 1. The molecule has 0 spiro atoms. The molecule has 19 heavy (non-hydrogen) atoms. The fourth-order valence-corrected chi connectivity index (χ4v) is 2.36. The predicted octanol–water partition coefficient (Wildman–Crippen LogP) is 1.44. The number of benzene rings is 1. The summed E-state index contributed by atoms with van der Waals surface area (Å²) in [6.07, 6.45) is 2.76. The maximum Gasteiger partial charge on any atom is 0.224 e. The number of phenols is 1. The van der Waals surface area contributed by atoms with E-state index in [9.17, 15) is 9.90 Å². The van der Waals surface area contributed by atoms with E-state index in [-0.39, 0.29) is 17.9 Å². The Labute approximate surface area is 114 Å². The number of hydrogen-bond acceptors (Lipinski definition) is 3. The zero-order valence-electron chi connectivity index (χ0n) is 11.4. The summed E-state index contributed by atoms with van der Waals surface area (Å²) >= 11 is 0. The van der Waals surface area contributed by atoms with Crippen molar-refractivity contribution in [3.8, 4) is 5.75 Å². The molecule has 4 heteroatoms. The van der Waals surface area contributed by atoms with Gasteiger partial charge in [0.25, 0.3) is 0 Å². The van der Waals surface area contributed by atoms with E-state index in [1.807, 2.05) is 19.1 Å². The first-order valence-corrected chi connectivity index (χ1v) is 6.94. The summed E-state index contributed by atoms with van der Waals surface area (Å²) in [6, 6.07) is 7.42. The monoisotopic (exact) mass is 262 g/mol. The maximum absolute atomic E-state index is 11.9. The van der Waals surface area contributed by atoms with Crippen molar-refractivity contribution in [2.45, 2.75) is 32.2 Å². The summed E-state index contributed by atoms with van der Waals surface area (Å²) < 4.78 is 0. The summed E-state index contributed by atoms with van der Waals surface area (Å²) in [5, 5.41) is 15.5. The van der Waals surface area contributed by atoms with Crippen LogP contribution < -0.4 is 10.6 Å². The summed E-state index contributed by atoms with van der Waals surface area (Å²) in [5.41, 5.74) is 1.18. The molecule has 2 unspecified atom stereocenters. The highest BCUT2D eigenvalue weighted by molar-refractivity contribution is 5.79. The topological polar surface area (TPSA) is 61.4 Å². The Morgan fingerprint density at radius 3 is 2.84 bits per heavy atom. The van der Waals surface area contributed by atoms with E-state index in [0.29, 0.717) is 5.75 Å². The van der Waals surface area contributed by atoms with Gasteiger partial charge in [0.15, 0.2) is 0 Å². The maximum atomic E-state index is 11.9. The van der Waals surface area contributed by atoms with Gasteiger partial charge in [0, 0.05) is 12.6 Å². The van der Waals surface area contributed by atoms with Gasteiger partial charge in [-0.05, 0) is 50.4 Å². The van der Waals surface area contributed by atoms with Gasteiger partial charge in [-0.3, -0.25) is 4.79 Å². The van der Waals surface area contributed by atoms with Crippen molar-refractivity contribution in [2.75, 3.05) is 13.1 Å². The van der Waals surface area contributed by atoms with E-state index in [2.05, 4.69) is 10.6 Å². The summed E-state index contributed by atoms with van der Waals surface area (Å²) in [5.74, 6) is 0.596. The molecule has 3 N–H and O–H groups in total. The molecule has 0 bridgehead atoms. The van der Waals surface area contributed by atoms with Crippen LogP contribution in [0, 0.1) is 5.92 Å². The van der Waals surface area contributed by atoms with Gasteiger partial charge in [-0.25, -0.2) is 0 Å². The zero-order chi connectivity index (χ0) is 13.7. The van der Waals surface area contributed by atoms with Gasteiger partial charge in [0.1, 0.15) is 5.75 Å². The smallest absolute Gasteiger partial charge is 0.224 e. The third-order valence-electron chi connectivity index (χ3n) is 3.62. The molecular formula is C15H22N2O2. The molecule has 1 aromatic carbocycles. The minimum absolute atomic E-state index is 0.135. The van der Waals surface area contributed by atoms with Crippen molar-refractivity contribution in [2.24, 2.45) is 5.92 Å². The molecule has 1 amide bonds. The highest BCUT2D eigenvalue weighted by Crippen LogP contribution is 2.12. The van der Waals surface area contributed by atoms with Crippen LogP contribution in [-0.2, 0) is 11.2 Å². The predicted molar refractivity (Wildman–Crippen MR) is 75.0 cm³/mol. The molecule has 1 fully saturated rings. The number of aromatic hydroxyl groups is 1. The van der Waals surface area contributed by atoms with E-state index in [0.717, 1.165) is 32.4 Å². The third-order valence-corrected chi connectivity index (χ3v) is 3.62. The third kappa shape index (κ3) is 4.24. The minimum atomic E-state index is 0.135. The second kappa shape index (κ2) is 6.57. The van der Waals surface area contributed by atoms with E-state index in [1.54, 1.807) is 12.1 Å². The van der Waals surface area contributed by atoms with Crippen molar-refractivity contribution in [3.05, 3.63) is 29.8 Å². The van der Waals surface area contributed by atoms with Crippen LogP contribution in [0.2, 0.25) is 0 Å². The Morgan fingerprint density at radius 2 is 2.21 bits per heavy atom. The first-order valence-electron chi connectivity index (χ1n) is 6.94. The van der Waals surface area contributed by atoms with Gasteiger partial charge in [-0.1, -0.05) is 12.1 Å². The van der Waals surface area contributed by atoms with Gasteiger partial charge in [-0.15, -0.1) is 0 Å². The lowest BCUT2D eigenvalue weighted by Gasteiger charge is -2.16. The van der Waals surface area contributed by atoms with Crippen molar-refractivity contribution in [3.63, 3.8) is 0 Å². The van der Waals surface area contributed by atoms with Crippen LogP contribution in [-0.4, -0.2) is 30.1 Å². The molecule has 1 heterocycles. The lowest BCUT2D eigenvalue weighted by Crippen LogP contribution is -2.38. The molecule has 1 aliphatic heterocycles. The normalized spacial score (nSPS) is 20.2. The second-order valence-corrected chi connectivity index (χ2v) is 5.30. The van der Waals surface area contributed by atoms with Crippen molar-refractivity contribution in [1.29, 1.82) is 0 Å². The van der Waals surface area contributed by atoms with Crippen LogP contribution in [0.15, 0.2) is 24.3 Å². The summed E-state index contributed by atoms with van der Waals surface area (Å²) in [4.78, 5) is 11.9. The molecule has 0 radical (unpaired) electrons. The van der Waals surface area contributed by atoms with Gasteiger partial charge < -0.3 is 15.7 Å². The molecule has 0 aliphatic carbocycles. The Hall–Kier alpha value is -1.55. The van der Waals surface area contributed by atoms with E-state index < -0.39 is 0 Å². The SMILES string of the molecule is CC(CCc1ccc(O)cc1)NC(=O)C1CCNC1. The molecule has 0 aromatic heterocycles. The lowest BCUT2D eigenvalue weighted by molar-refractivity contribution is -0.125. The van der Waals surface area contributed by atoms with E-state index in [4.69, 9.17) is 0 Å². The van der Waals surface area contributed by atoms with Gasteiger partial charge in [0.05, 0.1) is 5.92 Å². The molecule has 1 aliphatic rings. The van der Waals surface area contributed by atoms with Gasteiger partial charge in [-0.2, -0.15) is 0 Å². The van der Waals surface area contributed by atoms with Crippen LogP contribution in [0.25, 0.3) is 0 Å². The van der Waals surface area contributed by atoms with Gasteiger partial charge >= 0.3 is 0 Å².